The standard InChI is InChI=1S/C20H22N2O/c21-16-6-3-5-14(11-16)20(23)22-17-8-9-19-15(12-17)10-13-4-1-2-7-18(13)19/h1-2,4,7-9,12,14,16H,3,5-6,10-11,21H2,(H,22,23). The van der Waals surface area contributed by atoms with Crippen LogP contribution in [0.3, 0.4) is 0 Å². The fourth-order valence-electron chi connectivity index (χ4n) is 3.93. The molecule has 4 rings (SSSR count). The predicted molar refractivity (Wildman–Crippen MR) is 93.2 cm³/mol. The Bertz CT molecular complexity index is 753. The average molecular weight is 306 g/mol. The Morgan fingerprint density at radius 2 is 1.87 bits per heavy atom. The summed E-state index contributed by atoms with van der Waals surface area (Å²) in [6.07, 6.45) is 4.81. The van der Waals surface area contributed by atoms with Crippen molar-refractivity contribution in [3.05, 3.63) is 53.6 Å². The van der Waals surface area contributed by atoms with Crippen LogP contribution in [-0.4, -0.2) is 11.9 Å². The normalized spacial score (nSPS) is 22.3. The second-order valence-corrected chi connectivity index (χ2v) is 6.82. The number of fused-ring (bicyclic) bond motifs is 3. The molecule has 1 fully saturated rings. The van der Waals surface area contributed by atoms with Gasteiger partial charge in [0, 0.05) is 17.6 Å². The Morgan fingerprint density at radius 3 is 2.74 bits per heavy atom. The molecule has 3 heteroatoms. The van der Waals surface area contributed by atoms with Gasteiger partial charge in [0.2, 0.25) is 5.91 Å². The van der Waals surface area contributed by atoms with Crippen molar-refractivity contribution in [1.82, 2.24) is 0 Å². The van der Waals surface area contributed by atoms with Crippen LogP contribution in [0.25, 0.3) is 11.1 Å². The SMILES string of the molecule is NC1CCCC(C(=O)Nc2ccc3c(c2)Cc2ccccc2-3)C1. The van der Waals surface area contributed by atoms with Gasteiger partial charge in [-0.25, -0.2) is 0 Å². The molecule has 1 amide bonds. The van der Waals surface area contributed by atoms with E-state index in [0.29, 0.717) is 0 Å². The van der Waals surface area contributed by atoms with E-state index >= 15 is 0 Å². The molecule has 0 radical (unpaired) electrons. The van der Waals surface area contributed by atoms with Gasteiger partial charge in [0.1, 0.15) is 0 Å². The Kier molecular flexibility index (Phi) is 3.66. The molecule has 0 bridgehead atoms. The molecular weight excluding hydrogens is 284 g/mol. The lowest BCUT2D eigenvalue weighted by molar-refractivity contribution is -0.120. The molecule has 2 atom stereocenters. The predicted octanol–water partition coefficient (Wildman–Crippen LogP) is 3.71. The smallest absolute Gasteiger partial charge is 0.227 e. The molecule has 2 aliphatic carbocycles. The molecule has 0 aliphatic heterocycles. The number of hydrogen-bond donors (Lipinski definition) is 2. The number of benzene rings is 2. The van der Waals surface area contributed by atoms with Crippen LogP contribution in [0.4, 0.5) is 5.69 Å². The van der Waals surface area contributed by atoms with Crippen molar-refractivity contribution in [2.24, 2.45) is 11.7 Å². The van der Waals surface area contributed by atoms with Crippen LogP contribution < -0.4 is 11.1 Å². The van der Waals surface area contributed by atoms with Gasteiger partial charge in [0.15, 0.2) is 0 Å². The molecule has 0 heterocycles. The number of carbonyl (C=O) groups excluding carboxylic acids is 1. The van der Waals surface area contributed by atoms with Gasteiger partial charge in [-0.15, -0.1) is 0 Å². The van der Waals surface area contributed by atoms with E-state index in [0.717, 1.165) is 37.8 Å². The molecule has 118 valence electrons. The van der Waals surface area contributed by atoms with E-state index < -0.39 is 0 Å². The maximum absolute atomic E-state index is 12.5. The third kappa shape index (κ3) is 2.77. The van der Waals surface area contributed by atoms with Gasteiger partial charge in [-0.2, -0.15) is 0 Å². The number of nitrogens with one attached hydrogen (secondary N) is 1. The van der Waals surface area contributed by atoms with E-state index in [1.54, 1.807) is 0 Å². The number of hydrogen-bond acceptors (Lipinski definition) is 2. The molecule has 2 aromatic rings. The quantitative estimate of drug-likeness (QED) is 0.758. The molecule has 0 spiro atoms. The highest BCUT2D eigenvalue weighted by Crippen LogP contribution is 2.37. The number of amides is 1. The third-order valence-corrected chi connectivity index (χ3v) is 5.15. The first-order chi connectivity index (χ1) is 11.2. The van der Waals surface area contributed by atoms with E-state index in [1.165, 1.54) is 22.3 Å². The van der Waals surface area contributed by atoms with E-state index in [-0.39, 0.29) is 17.9 Å². The van der Waals surface area contributed by atoms with Crippen molar-refractivity contribution in [2.75, 3.05) is 5.32 Å². The molecule has 0 aromatic heterocycles. The van der Waals surface area contributed by atoms with Gasteiger partial charge in [-0.05, 0) is 60.1 Å². The minimum Gasteiger partial charge on any atom is -0.328 e. The molecule has 3 nitrogen and oxygen atoms in total. The van der Waals surface area contributed by atoms with Crippen LogP contribution in [-0.2, 0) is 11.2 Å². The molecule has 0 saturated heterocycles. The fourth-order valence-corrected chi connectivity index (χ4v) is 3.93. The summed E-state index contributed by atoms with van der Waals surface area (Å²) in [6.45, 7) is 0. The van der Waals surface area contributed by atoms with Crippen LogP contribution in [0.5, 0.6) is 0 Å². The minimum absolute atomic E-state index is 0.0594. The van der Waals surface area contributed by atoms with Gasteiger partial charge in [-0.3, -0.25) is 4.79 Å². The lowest BCUT2D eigenvalue weighted by atomic mass is 9.85. The molecule has 3 N–H and O–H groups in total. The lowest BCUT2D eigenvalue weighted by Gasteiger charge is -2.25. The van der Waals surface area contributed by atoms with Crippen LogP contribution in [0.1, 0.15) is 36.8 Å². The summed E-state index contributed by atoms with van der Waals surface area (Å²) >= 11 is 0. The van der Waals surface area contributed by atoms with Gasteiger partial charge < -0.3 is 11.1 Å². The van der Waals surface area contributed by atoms with Crippen molar-refractivity contribution < 1.29 is 4.79 Å². The molecule has 2 unspecified atom stereocenters. The molecule has 23 heavy (non-hydrogen) atoms. The Morgan fingerprint density at radius 1 is 1.04 bits per heavy atom. The summed E-state index contributed by atoms with van der Waals surface area (Å²) in [6, 6.07) is 14.9. The largest absolute Gasteiger partial charge is 0.328 e. The monoisotopic (exact) mass is 306 g/mol. The third-order valence-electron chi connectivity index (χ3n) is 5.15. The van der Waals surface area contributed by atoms with Crippen molar-refractivity contribution in [3.63, 3.8) is 0 Å². The van der Waals surface area contributed by atoms with Crippen LogP contribution in [0.15, 0.2) is 42.5 Å². The van der Waals surface area contributed by atoms with Gasteiger partial charge in [-0.1, -0.05) is 36.8 Å². The Balaban J connectivity index is 1.51. The lowest BCUT2D eigenvalue weighted by Crippen LogP contribution is -2.34. The molecule has 2 aliphatic rings. The molecule has 2 aromatic carbocycles. The summed E-state index contributed by atoms with van der Waals surface area (Å²) in [5.41, 5.74) is 12.2. The first kappa shape index (κ1) is 14.5. The zero-order valence-corrected chi connectivity index (χ0v) is 13.2. The number of rotatable bonds is 2. The topological polar surface area (TPSA) is 55.1 Å². The zero-order chi connectivity index (χ0) is 15.8. The Hall–Kier alpha value is -2.13. The summed E-state index contributed by atoms with van der Waals surface area (Å²) in [5, 5.41) is 3.09. The van der Waals surface area contributed by atoms with Gasteiger partial charge >= 0.3 is 0 Å². The van der Waals surface area contributed by atoms with Crippen molar-refractivity contribution in [1.29, 1.82) is 0 Å². The minimum atomic E-state index is 0.0594. The highest BCUT2D eigenvalue weighted by molar-refractivity contribution is 5.93. The van der Waals surface area contributed by atoms with Crippen LogP contribution in [0, 0.1) is 5.92 Å². The van der Waals surface area contributed by atoms with E-state index in [2.05, 4.69) is 41.7 Å². The zero-order valence-electron chi connectivity index (χ0n) is 13.2. The summed E-state index contributed by atoms with van der Waals surface area (Å²) in [5.74, 6) is 0.180. The van der Waals surface area contributed by atoms with Crippen molar-refractivity contribution in [3.8, 4) is 11.1 Å². The summed E-state index contributed by atoms with van der Waals surface area (Å²) in [7, 11) is 0. The summed E-state index contributed by atoms with van der Waals surface area (Å²) < 4.78 is 0. The van der Waals surface area contributed by atoms with Crippen LogP contribution in [0.2, 0.25) is 0 Å². The van der Waals surface area contributed by atoms with Gasteiger partial charge in [0.25, 0.3) is 0 Å². The highest BCUT2D eigenvalue weighted by atomic mass is 16.1. The van der Waals surface area contributed by atoms with Crippen molar-refractivity contribution in [2.45, 2.75) is 38.1 Å². The van der Waals surface area contributed by atoms with Crippen molar-refractivity contribution >= 4 is 11.6 Å². The molecule has 1 saturated carbocycles. The first-order valence-electron chi connectivity index (χ1n) is 8.48. The second-order valence-electron chi connectivity index (χ2n) is 6.82. The van der Waals surface area contributed by atoms with E-state index in [9.17, 15) is 4.79 Å². The van der Waals surface area contributed by atoms with E-state index in [4.69, 9.17) is 5.73 Å². The highest BCUT2D eigenvalue weighted by Gasteiger charge is 2.26. The average Bonchev–Trinajstić information content (AvgIpc) is 2.92. The maximum atomic E-state index is 12.5. The Labute approximate surface area is 136 Å². The summed E-state index contributed by atoms with van der Waals surface area (Å²) in [4.78, 5) is 12.5. The first-order valence-corrected chi connectivity index (χ1v) is 8.48. The fraction of sp³-hybridized carbons (Fsp3) is 0.350. The van der Waals surface area contributed by atoms with Crippen LogP contribution >= 0.6 is 0 Å². The molecular formula is C20H22N2O. The maximum Gasteiger partial charge on any atom is 0.227 e. The van der Waals surface area contributed by atoms with Gasteiger partial charge in [0.05, 0.1) is 0 Å². The number of nitrogens with two attached hydrogens (primary N) is 1. The number of carbonyl (C=O) groups is 1. The number of anilines is 1. The second kappa shape index (κ2) is 5.82. The van der Waals surface area contributed by atoms with E-state index in [1.807, 2.05) is 6.07 Å².